The maximum Gasteiger partial charge on any atom is 0.420 e. The van der Waals surface area contributed by atoms with Gasteiger partial charge in [-0.3, -0.25) is 4.98 Å². The Labute approximate surface area is 121 Å². The second-order valence-corrected chi connectivity index (χ2v) is 4.25. The van der Waals surface area contributed by atoms with E-state index in [9.17, 15) is 4.79 Å². The van der Waals surface area contributed by atoms with Crippen molar-refractivity contribution in [2.24, 2.45) is 0 Å². The van der Waals surface area contributed by atoms with Crippen LogP contribution in [0.15, 0.2) is 61.3 Å². The maximum atomic E-state index is 12.1. The van der Waals surface area contributed by atoms with E-state index in [1.165, 1.54) is 17.0 Å². The van der Waals surface area contributed by atoms with Crippen LogP contribution in [0.1, 0.15) is 5.56 Å². The largest absolute Gasteiger partial charge is 0.444 e. The van der Waals surface area contributed by atoms with Gasteiger partial charge in [-0.05, 0) is 5.56 Å². The standard InChI is InChI=1S/C15H12N4O2/c20-15(21-11-12-4-2-1-3-5-12)19-9-8-18-14(19)13-10-16-6-7-17-13/h1-10H,11H2. The van der Waals surface area contributed by atoms with Crippen LogP contribution < -0.4 is 0 Å². The van der Waals surface area contributed by atoms with E-state index in [0.29, 0.717) is 11.5 Å². The fourth-order valence-electron chi connectivity index (χ4n) is 1.84. The van der Waals surface area contributed by atoms with Gasteiger partial charge in [0.25, 0.3) is 0 Å². The smallest absolute Gasteiger partial charge is 0.420 e. The minimum absolute atomic E-state index is 0.206. The number of carbonyl (C=O) groups is 1. The van der Waals surface area contributed by atoms with Crippen LogP contribution in [0.25, 0.3) is 11.5 Å². The van der Waals surface area contributed by atoms with E-state index in [1.807, 2.05) is 30.3 Å². The van der Waals surface area contributed by atoms with Crippen LogP contribution in [0.3, 0.4) is 0 Å². The molecule has 0 N–H and O–H groups in total. The molecule has 0 unspecified atom stereocenters. The van der Waals surface area contributed by atoms with Gasteiger partial charge in [0, 0.05) is 24.8 Å². The molecule has 0 saturated carbocycles. The van der Waals surface area contributed by atoms with Gasteiger partial charge in [-0.25, -0.2) is 19.3 Å². The first-order valence-corrected chi connectivity index (χ1v) is 6.35. The Kier molecular flexibility index (Phi) is 3.68. The number of ether oxygens (including phenoxy) is 1. The predicted molar refractivity (Wildman–Crippen MR) is 75.3 cm³/mol. The van der Waals surface area contributed by atoms with Gasteiger partial charge in [-0.15, -0.1) is 0 Å². The van der Waals surface area contributed by atoms with Crippen LogP contribution in [0.2, 0.25) is 0 Å². The number of hydrogen-bond acceptors (Lipinski definition) is 5. The molecule has 6 heteroatoms. The van der Waals surface area contributed by atoms with Crippen LogP contribution in [0.5, 0.6) is 0 Å². The number of carbonyl (C=O) groups excluding carboxylic acids is 1. The SMILES string of the molecule is O=C(OCc1ccccc1)n1ccnc1-c1cnccn1. The predicted octanol–water partition coefficient (Wildman–Crippen LogP) is 2.53. The van der Waals surface area contributed by atoms with E-state index in [1.54, 1.807) is 18.6 Å². The van der Waals surface area contributed by atoms with E-state index < -0.39 is 6.09 Å². The first kappa shape index (κ1) is 13.0. The van der Waals surface area contributed by atoms with Crippen molar-refractivity contribution in [1.82, 2.24) is 19.5 Å². The molecule has 2 aromatic heterocycles. The van der Waals surface area contributed by atoms with Crippen LogP contribution in [0, 0.1) is 0 Å². The minimum atomic E-state index is -0.503. The Morgan fingerprint density at radius 3 is 2.71 bits per heavy atom. The highest BCUT2D eigenvalue weighted by Gasteiger charge is 2.14. The summed E-state index contributed by atoms with van der Waals surface area (Å²) in [6.07, 6.45) is 7.21. The summed E-state index contributed by atoms with van der Waals surface area (Å²) in [7, 11) is 0. The van der Waals surface area contributed by atoms with Gasteiger partial charge in [-0.1, -0.05) is 30.3 Å². The summed E-state index contributed by atoms with van der Waals surface area (Å²) in [4.78, 5) is 24.3. The highest BCUT2D eigenvalue weighted by Crippen LogP contribution is 2.13. The molecule has 0 fully saturated rings. The highest BCUT2D eigenvalue weighted by atomic mass is 16.5. The van der Waals surface area contributed by atoms with Crippen LogP contribution >= 0.6 is 0 Å². The van der Waals surface area contributed by atoms with Gasteiger partial charge in [0.1, 0.15) is 12.3 Å². The van der Waals surface area contributed by atoms with E-state index in [-0.39, 0.29) is 6.61 Å². The minimum Gasteiger partial charge on any atom is -0.444 e. The highest BCUT2D eigenvalue weighted by molar-refractivity contribution is 5.75. The summed E-state index contributed by atoms with van der Waals surface area (Å²) in [5.74, 6) is 0.404. The summed E-state index contributed by atoms with van der Waals surface area (Å²) in [5.41, 5.74) is 1.44. The van der Waals surface area contributed by atoms with Gasteiger partial charge < -0.3 is 4.74 Å². The van der Waals surface area contributed by atoms with Crippen LogP contribution in [-0.2, 0) is 11.3 Å². The summed E-state index contributed by atoms with van der Waals surface area (Å²) in [6.45, 7) is 0.206. The number of imidazole rings is 1. The van der Waals surface area contributed by atoms with Crippen molar-refractivity contribution < 1.29 is 9.53 Å². The Morgan fingerprint density at radius 2 is 1.95 bits per heavy atom. The Bertz CT molecular complexity index is 726. The lowest BCUT2D eigenvalue weighted by Crippen LogP contribution is -2.14. The molecule has 0 atom stereocenters. The van der Waals surface area contributed by atoms with Crippen molar-refractivity contribution in [3.8, 4) is 11.5 Å². The summed E-state index contributed by atoms with van der Waals surface area (Å²) in [5, 5.41) is 0. The summed E-state index contributed by atoms with van der Waals surface area (Å²) >= 11 is 0. The average Bonchev–Trinajstić information content (AvgIpc) is 3.04. The molecule has 0 bridgehead atoms. The molecule has 0 spiro atoms. The lowest BCUT2D eigenvalue weighted by Gasteiger charge is -2.07. The van der Waals surface area contributed by atoms with Crippen LogP contribution in [-0.4, -0.2) is 25.6 Å². The van der Waals surface area contributed by atoms with Gasteiger partial charge in [0.2, 0.25) is 0 Å². The lowest BCUT2D eigenvalue weighted by atomic mass is 10.2. The molecule has 1 aromatic carbocycles. The van der Waals surface area contributed by atoms with Crippen molar-refractivity contribution in [3.05, 3.63) is 66.9 Å². The fraction of sp³-hybridized carbons (Fsp3) is 0.0667. The monoisotopic (exact) mass is 280 g/mol. The molecule has 0 aliphatic rings. The second-order valence-electron chi connectivity index (χ2n) is 4.25. The molecular weight excluding hydrogens is 268 g/mol. The summed E-state index contributed by atoms with van der Waals surface area (Å²) in [6, 6.07) is 9.49. The lowest BCUT2D eigenvalue weighted by molar-refractivity contribution is 0.141. The Hall–Kier alpha value is -3.02. The molecule has 104 valence electrons. The number of aromatic nitrogens is 4. The molecule has 21 heavy (non-hydrogen) atoms. The molecular formula is C15H12N4O2. The first-order chi connectivity index (χ1) is 10.3. The number of benzene rings is 1. The average molecular weight is 280 g/mol. The fourth-order valence-corrected chi connectivity index (χ4v) is 1.84. The molecule has 0 radical (unpaired) electrons. The van der Waals surface area contributed by atoms with Gasteiger partial charge in [0.15, 0.2) is 5.82 Å². The van der Waals surface area contributed by atoms with E-state index in [2.05, 4.69) is 15.0 Å². The van der Waals surface area contributed by atoms with E-state index in [0.717, 1.165) is 5.56 Å². The quantitative estimate of drug-likeness (QED) is 0.737. The van der Waals surface area contributed by atoms with Crippen molar-refractivity contribution >= 4 is 6.09 Å². The first-order valence-electron chi connectivity index (χ1n) is 6.35. The van der Waals surface area contributed by atoms with Gasteiger partial charge >= 0.3 is 6.09 Å². The second kappa shape index (κ2) is 5.96. The van der Waals surface area contributed by atoms with E-state index >= 15 is 0 Å². The molecule has 0 amide bonds. The van der Waals surface area contributed by atoms with Gasteiger partial charge in [0.05, 0.1) is 6.20 Å². The molecule has 0 saturated heterocycles. The number of hydrogen-bond donors (Lipinski definition) is 0. The zero-order valence-corrected chi connectivity index (χ0v) is 11.1. The third kappa shape index (κ3) is 2.94. The maximum absolute atomic E-state index is 12.1. The molecule has 3 rings (SSSR count). The van der Waals surface area contributed by atoms with Gasteiger partial charge in [-0.2, -0.15) is 0 Å². The molecule has 2 heterocycles. The van der Waals surface area contributed by atoms with E-state index in [4.69, 9.17) is 4.74 Å². The Morgan fingerprint density at radius 1 is 1.10 bits per heavy atom. The normalized spacial score (nSPS) is 10.3. The third-order valence-electron chi connectivity index (χ3n) is 2.83. The summed E-state index contributed by atoms with van der Waals surface area (Å²) < 4.78 is 6.58. The van der Waals surface area contributed by atoms with Crippen molar-refractivity contribution in [3.63, 3.8) is 0 Å². The van der Waals surface area contributed by atoms with Crippen LogP contribution in [0.4, 0.5) is 4.79 Å². The molecule has 6 nitrogen and oxygen atoms in total. The van der Waals surface area contributed by atoms with Crippen molar-refractivity contribution in [2.45, 2.75) is 6.61 Å². The van der Waals surface area contributed by atoms with Crippen molar-refractivity contribution in [2.75, 3.05) is 0 Å². The molecule has 0 aliphatic heterocycles. The molecule has 3 aromatic rings. The topological polar surface area (TPSA) is 69.9 Å². The molecule has 0 aliphatic carbocycles. The number of rotatable bonds is 3. The zero-order valence-electron chi connectivity index (χ0n) is 11.1. The third-order valence-corrected chi connectivity index (χ3v) is 2.83. The number of nitrogens with zero attached hydrogens (tertiary/aromatic N) is 4. The van der Waals surface area contributed by atoms with Crippen molar-refractivity contribution in [1.29, 1.82) is 0 Å². The zero-order chi connectivity index (χ0) is 14.5. The Balaban J connectivity index is 1.76.